The molecule has 0 amide bonds. The van der Waals surface area contributed by atoms with Gasteiger partial charge in [0.25, 0.3) is 0 Å². The summed E-state index contributed by atoms with van der Waals surface area (Å²) in [4.78, 5) is 0. The number of fused-ring (bicyclic) bond motifs is 1. The average molecular weight is 261 g/mol. The molecule has 104 valence electrons. The highest BCUT2D eigenvalue weighted by molar-refractivity contribution is 5.50. The summed E-state index contributed by atoms with van der Waals surface area (Å²) in [5.41, 5.74) is 9.06. The summed E-state index contributed by atoms with van der Waals surface area (Å²) in [6, 6.07) is 4.29. The van der Waals surface area contributed by atoms with Gasteiger partial charge in [0.15, 0.2) is 11.5 Å². The molecule has 0 saturated heterocycles. The standard InChI is InChI=1S/C16H23NO2/c1-2-12-10-14-15(19-9-5-8-18-14)11-13(12)16(17)6-3-4-7-16/h10-11H,2-9,17H2,1H3. The topological polar surface area (TPSA) is 44.5 Å². The molecule has 2 aliphatic rings. The lowest BCUT2D eigenvalue weighted by Gasteiger charge is -2.28. The van der Waals surface area contributed by atoms with Gasteiger partial charge < -0.3 is 15.2 Å². The largest absolute Gasteiger partial charge is 0.490 e. The van der Waals surface area contributed by atoms with E-state index >= 15 is 0 Å². The molecule has 0 aromatic heterocycles. The summed E-state index contributed by atoms with van der Waals surface area (Å²) < 4.78 is 11.6. The average Bonchev–Trinajstić information content (AvgIpc) is 2.74. The summed E-state index contributed by atoms with van der Waals surface area (Å²) in [6.07, 6.45) is 6.56. The summed E-state index contributed by atoms with van der Waals surface area (Å²) in [7, 11) is 0. The fraction of sp³-hybridized carbons (Fsp3) is 0.625. The lowest BCUT2D eigenvalue weighted by atomic mass is 9.85. The molecule has 1 aliphatic carbocycles. The normalized spacial score (nSPS) is 21.2. The first-order valence-corrected chi connectivity index (χ1v) is 7.45. The van der Waals surface area contributed by atoms with Gasteiger partial charge in [-0.25, -0.2) is 0 Å². The Morgan fingerprint density at radius 1 is 1.05 bits per heavy atom. The lowest BCUT2D eigenvalue weighted by Crippen LogP contribution is -2.34. The summed E-state index contributed by atoms with van der Waals surface area (Å²) in [5, 5.41) is 0. The maximum absolute atomic E-state index is 6.63. The van der Waals surface area contributed by atoms with E-state index in [9.17, 15) is 0 Å². The first kappa shape index (κ1) is 12.8. The zero-order valence-electron chi connectivity index (χ0n) is 11.7. The third-order valence-electron chi connectivity index (χ3n) is 4.39. The van der Waals surface area contributed by atoms with Crippen LogP contribution in [-0.4, -0.2) is 13.2 Å². The van der Waals surface area contributed by atoms with Crippen LogP contribution in [0.4, 0.5) is 0 Å². The molecule has 0 spiro atoms. The monoisotopic (exact) mass is 261 g/mol. The SMILES string of the molecule is CCc1cc2c(cc1C1(N)CCCC1)OCCCO2. The van der Waals surface area contributed by atoms with Crippen LogP contribution in [-0.2, 0) is 12.0 Å². The Balaban J connectivity index is 2.05. The van der Waals surface area contributed by atoms with Crippen LogP contribution in [0.25, 0.3) is 0 Å². The van der Waals surface area contributed by atoms with E-state index < -0.39 is 0 Å². The molecular formula is C16H23NO2. The van der Waals surface area contributed by atoms with Crippen molar-refractivity contribution in [1.29, 1.82) is 0 Å². The van der Waals surface area contributed by atoms with Crippen LogP contribution in [0.5, 0.6) is 11.5 Å². The molecule has 0 atom stereocenters. The van der Waals surface area contributed by atoms with Crippen LogP contribution in [0.3, 0.4) is 0 Å². The van der Waals surface area contributed by atoms with E-state index in [1.54, 1.807) is 0 Å². The Labute approximate surface area is 115 Å². The van der Waals surface area contributed by atoms with Gasteiger partial charge in [-0.2, -0.15) is 0 Å². The second-order valence-electron chi connectivity index (χ2n) is 5.72. The molecular weight excluding hydrogens is 238 g/mol. The highest BCUT2D eigenvalue weighted by Crippen LogP contribution is 2.42. The highest BCUT2D eigenvalue weighted by atomic mass is 16.5. The minimum Gasteiger partial charge on any atom is -0.490 e. The van der Waals surface area contributed by atoms with Crippen LogP contribution >= 0.6 is 0 Å². The quantitative estimate of drug-likeness (QED) is 0.889. The first-order valence-electron chi connectivity index (χ1n) is 7.45. The van der Waals surface area contributed by atoms with Gasteiger partial charge in [-0.3, -0.25) is 0 Å². The molecule has 1 aliphatic heterocycles. The minimum absolute atomic E-state index is 0.157. The number of nitrogens with two attached hydrogens (primary N) is 1. The zero-order valence-corrected chi connectivity index (χ0v) is 11.7. The van der Waals surface area contributed by atoms with Gasteiger partial charge in [-0.05, 0) is 42.5 Å². The van der Waals surface area contributed by atoms with Gasteiger partial charge >= 0.3 is 0 Å². The first-order chi connectivity index (χ1) is 9.23. The third kappa shape index (κ3) is 2.32. The summed E-state index contributed by atoms with van der Waals surface area (Å²) in [6.45, 7) is 3.65. The van der Waals surface area contributed by atoms with Gasteiger partial charge in [-0.1, -0.05) is 19.8 Å². The number of aryl methyl sites for hydroxylation is 1. The molecule has 3 nitrogen and oxygen atoms in total. The van der Waals surface area contributed by atoms with Gasteiger partial charge in [0.2, 0.25) is 0 Å². The van der Waals surface area contributed by atoms with Crippen LogP contribution in [0.2, 0.25) is 0 Å². The molecule has 0 unspecified atom stereocenters. The van der Waals surface area contributed by atoms with E-state index in [-0.39, 0.29) is 5.54 Å². The number of rotatable bonds is 2. The molecule has 2 N–H and O–H groups in total. The van der Waals surface area contributed by atoms with Gasteiger partial charge in [0.05, 0.1) is 13.2 Å². The van der Waals surface area contributed by atoms with Crippen molar-refractivity contribution in [3.8, 4) is 11.5 Å². The Kier molecular flexibility index (Phi) is 3.40. The number of benzene rings is 1. The van der Waals surface area contributed by atoms with E-state index in [0.29, 0.717) is 0 Å². The number of hydrogen-bond donors (Lipinski definition) is 1. The van der Waals surface area contributed by atoms with E-state index in [1.807, 2.05) is 0 Å². The minimum atomic E-state index is -0.157. The molecule has 1 heterocycles. The van der Waals surface area contributed by atoms with Crippen molar-refractivity contribution in [3.05, 3.63) is 23.3 Å². The predicted octanol–water partition coefficient (Wildman–Crippen LogP) is 3.14. The fourth-order valence-electron chi connectivity index (χ4n) is 3.28. The molecule has 0 radical (unpaired) electrons. The smallest absolute Gasteiger partial charge is 0.161 e. The molecule has 19 heavy (non-hydrogen) atoms. The molecule has 1 saturated carbocycles. The Bertz CT molecular complexity index is 464. The Morgan fingerprint density at radius 2 is 1.68 bits per heavy atom. The van der Waals surface area contributed by atoms with Crippen molar-refractivity contribution in [2.75, 3.05) is 13.2 Å². The van der Waals surface area contributed by atoms with Crippen molar-refractivity contribution in [1.82, 2.24) is 0 Å². The van der Waals surface area contributed by atoms with E-state index in [4.69, 9.17) is 15.2 Å². The van der Waals surface area contributed by atoms with Crippen LogP contribution in [0, 0.1) is 0 Å². The molecule has 1 aromatic rings. The second kappa shape index (κ2) is 5.04. The van der Waals surface area contributed by atoms with Gasteiger partial charge in [-0.15, -0.1) is 0 Å². The van der Waals surface area contributed by atoms with E-state index in [1.165, 1.54) is 24.0 Å². The van der Waals surface area contributed by atoms with Crippen molar-refractivity contribution >= 4 is 0 Å². The van der Waals surface area contributed by atoms with Crippen LogP contribution in [0.1, 0.15) is 50.2 Å². The highest BCUT2D eigenvalue weighted by Gasteiger charge is 2.34. The van der Waals surface area contributed by atoms with Crippen LogP contribution in [0.15, 0.2) is 12.1 Å². The van der Waals surface area contributed by atoms with Crippen molar-refractivity contribution < 1.29 is 9.47 Å². The molecule has 0 bridgehead atoms. The lowest BCUT2D eigenvalue weighted by molar-refractivity contribution is 0.296. The van der Waals surface area contributed by atoms with E-state index in [2.05, 4.69) is 19.1 Å². The van der Waals surface area contributed by atoms with Crippen LogP contribution < -0.4 is 15.2 Å². The zero-order chi connectivity index (χ0) is 13.3. The maximum atomic E-state index is 6.63. The van der Waals surface area contributed by atoms with Crippen molar-refractivity contribution in [2.45, 2.75) is 51.0 Å². The predicted molar refractivity (Wildman–Crippen MR) is 75.8 cm³/mol. The molecule has 3 rings (SSSR count). The Hall–Kier alpha value is -1.22. The Morgan fingerprint density at radius 3 is 2.32 bits per heavy atom. The van der Waals surface area contributed by atoms with Crippen molar-refractivity contribution in [2.24, 2.45) is 5.73 Å². The second-order valence-corrected chi connectivity index (χ2v) is 5.72. The molecule has 1 fully saturated rings. The summed E-state index contributed by atoms with van der Waals surface area (Å²) >= 11 is 0. The summed E-state index contributed by atoms with van der Waals surface area (Å²) in [5.74, 6) is 1.76. The number of ether oxygens (including phenoxy) is 2. The molecule has 3 heteroatoms. The van der Waals surface area contributed by atoms with E-state index in [0.717, 1.165) is 50.4 Å². The fourth-order valence-corrected chi connectivity index (χ4v) is 3.28. The van der Waals surface area contributed by atoms with Gasteiger partial charge in [0, 0.05) is 12.0 Å². The maximum Gasteiger partial charge on any atom is 0.161 e. The van der Waals surface area contributed by atoms with Gasteiger partial charge in [0.1, 0.15) is 0 Å². The third-order valence-corrected chi connectivity index (χ3v) is 4.39. The van der Waals surface area contributed by atoms with Crippen molar-refractivity contribution in [3.63, 3.8) is 0 Å². The number of hydrogen-bond acceptors (Lipinski definition) is 3. The molecule has 1 aromatic carbocycles.